The lowest BCUT2D eigenvalue weighted by atomic mass is 9.67. The van der Waals surface area contributed by atoms with Crippen LogP contribution >= 0.6 is 11.8 Å². The van der Waals surface area contributed by atoms with Gasteiger partial charge in [0, 0.05) is 26.5 Å². The summed E-state index contributed by atoms with van der Waals surface area (Å²) in [7, 11) is 0. The fourth-order valence-electron chi connectivity index (χ4n) is 8.90. The number of fused-ring (bicyclic) bond motifs is 9. The van der Waals surface area contributed by atoms with Gasteiger partial charge in [0.1, 0.15) is 0 Å². The number of rotatable bonds is 5. The zero-order valence-electron chi connectivity index (χ0n) is 31.2. The molecule has 0 fully saturated rings. The highest BCUT2D eigenvalue weighted by atomic mass is 32.2. The second-order valence-corrected chi connectivity index (χ2v) is 15.7. The second-order valence-electron chi connectivity index (χ2n) is 14.6. The van der Waals surface area contributed by atoms with Crippen molar-refractivity contribution >= 4 is 11.8 Å². The third-order valence-corrected chi connectivity index (χ3v) is 12.6. The smallest absolute Gasteiger partial charge is 0.164 e. The first-order valence-corrected chi connectivity index (χ1v) is 20.1. The standard InChI is InChI=1S/C53H32N4S/c54-33-34-14-11-19-37(30-34)38-20-12-21-39(31-38)41-22-13-25-46-49(41)42-32-40(52-56-50(35-15-3-1-4-16-35)55-51(57-52)36-17-5-2-6-18-36)28-29-43(42)53(46)44-23-7-9-26-47(44)58-48-27-10-8-24-45(48)53/h1-32H. The molecule has 0 N–H and O–H groups in total. The second kappa shape index (κ2) is 13.7. The summed E-state index contributed by atoms with van der Waals surface area (Å²) >= 11 is 1.84. The summed E-state index contributed by atoms with van der Waals surface area (Å²) in [6.07, 6.45) is 0. The lowest BCUT2D eigenvalue weighted by Crippen LogP contribution is -2.31. The van der Waals surface area contributed by atoms with Crippen LogP contribution in [-0.2, 0) is 5.41 Å². The molecule has 58 heavy (non-hydrogen) atoms. The molecule has 4 nitrogen and oxygen atoms in total. The van der Waals surface area contributed by atoms with Crippen LogP contribution < -0.4 is 0 Å². The van der Waals surface area contributed by atoms with E-state index >= 15 is 0 Å². The molecule has 1 spiro atoms. The van der Waals surface area contributed by atoms with Gasteiger partial charge in [-0.1, -0.05) is 169 Å². The van der Waals surface area contributed by atoms with E-state index in [9.17, 15) is 5.26 Å². The van der Waals surface area contributed by atoms with Gasteiger partial charge in [-0.3, -0.25) is 0 Å². The van der Waals surface area contributed by atoms with Crippen molar-refractivity contribution in [1.29, 1.82) is 5.26 Å². The Hall–Kier alpha value is -7.39. The maximum atomic E-state index is 9.69. The van der Waals surface area contributed by atoms with Crippen LogP contribution in [0.1, 0.15) is 27.8 Å². The predicted octanol–water partition coefficient (Wildman–Crippen LogP) is 12.9. The summed E-state index contributed by atoms with van der Waals surface area (Å²) in [6, 6.07) is 70.5. The minimum absolute atomic E-state index is 0.556. The van der Waals surface area contributed by atoms with Crippen LogP contribution in [0.2, 0.25) is 0 Å². The SMILES string of the molecule is N#Cc1cccc(-c2cccc(-c3cccc4c3-c3cc(-c5nc(-c6ccccc6)nc(-c6ccccc6)n5)ccc3C43c4ccccc4Sc4ccccc43)c2)c1. The van der Waals surface area contributed by atoms with Gasteiger partial charge >= 0.3 is 0 Å². The largest absolute Gasteiger partial charge is 0.208 e. The molecule has 9 aromatic rings. The zero-order chi connectivity index (χ0) is 38.6. The Balaban J connectivity index is 1.19. The number of benzene rings is 8. The summed E-state index contributed by atoms with van der Waals surface area (Å²) in [6.45, 7) is 0. The van der Waals surface area contributed by atoms with Crippen molar-refractivity contribution in [2.24, 2.45) is 0 Å². The minimum atomic E-state index is -0.556. The van der Waals surface area contributed by atoms with Gasteiger partial charge in [0.05, 0.1) is 17.0 Å². The molecular weight excluding hydrogens is 725 g/mol. The Bertz CT molecular complexity index is 3010. The maximum Gasteiger partial charge on any atom is 0.164 e. The molecule has 1 aliphatic carbocycles. The van der Waals surface area contributed by atoms with E-state index in [2.05, 4.69) is 121 Å². The van der Waals surface area contributed by atoms with E-state index in [1.54, 1.807) is 0 Å². The number of nitriles is 1. The molecule has 0 unspecified atom stereocenters. The van der Waals surface area contributed by atoms with E-state index in [-0.39, 0.29) is 0 Å². The summed E-state index contributed by atoms with van der Waals surface area (Å²) in [5.74, 6) is 1.88. The van der Waals surface area contributed by atoms with E-state index in [1.165, 1.54) is 37.6 Å². The Kier molecular flexibility index (Phi) is 7.99. The highest BCUT2D eigenvalue weighted by Crippen LogP contribution is 2.63. The summed E-state index contributed by atoms with van der Waals surface area (Å²) < 4.78 is 0. The van der Waals surface area contributed by atoms with Gasteiger partial charge in [-0.15, -0.1) is 0 Å². The van der Waals surface area contributed by atoms with Gasteiger partial charge in [0.15, 0.2) is 17.5 Å². The van der Waals surface area contributed by atoms with Crippen molar-refractivity contribution in [3.05, 3.63) is 222 Å². The molecular formula is C53H32N4S. The van der Waals surface area contributed by atoms with Crippen molar-refractivity contribution in [3.63, 3.8) is 0 Å². The van der Waals surface area contributed by atoms with Crippen LogP contribution in [0.5, 0.6) is 0 Å². The fraction of sp³-hybridized carbons (Fsp3) is 0.0189. The normalized spacial score (nSPS) is 12.9. The van der Waals surface area contributed by atoms with Crippen LogP contribution in [0.25, 0.3) is 67.5 Å². The van der Waals surface area contributed by atoms with E-state index in [4.69, 9.17) is 15.0 Å². The quantitative estimate of drug-likeness (QED) is 0.175. The average Bonchev–Trinajstić information content (AvgIpc) is 3.59. The Labute approximate surface area is 341 Å². The molecule has 0 saturated carbocycles. The van der Waals surface area contributed by atoms with Crippen molar-refractivity contribution in [2.45, 2.75) is 15.2 Å². The first kappa shape index (κ1) is 33.9. The third kappa shape index (κ3) is 5.34. The van der Waals surface area contributed by atoms with Gasteiger partial charge in [-0.25, -0.2) is 15.0 Å². The molecule has 0 bridgehead atoms. The average molecular weight is 757 g/mol. The van der Waals surface area contributed by atoms with Crippen molar-refractivity contribution in [3.8, 4) is 73.6 Å². The molecule has 1 aliphatic heterocycles. The highest BCUT2D eigenvalue weighted by Gasteiger charge is 2.50. The number of hydrogen-bond acceptors (Lipinski definition) is 5. The molecule has 8 aromatic carbocycles. The third-order valence-electron chi connectivity index (χ3n) is 11.4. The van der Waals surface area contributed by atoms with E-state index in [0.717, 1.165) is 44.5 Å². The van der Waals surface area contributed by atoms with Crippen molar-refractivity contribution in [1.82, 2.24) is 15.0 Å². The Morgan fingerprint density at radius 2 is 0.897 bits per heavy atom. The van der Waals surface area contributed by atoms with Crippen LogP contribution in [0.3, 0.4) is 0 Å². The number of nitrogens with zero attached hydrogens (tertiary/aromatic N) is 4. The molecule has 11 rings (SSSR count). The molecule has 2 aliphatic rings. The van der Waals surface area contributed by atoms with Crippen LogP contribution in [0.4, 0.5) is 0 Å². The van der Waals surface area contributed by atoms with Gasteiger partial charge in [-0.05, 0) is 92.0 Å². The zero-order valence-corrected chi connectivity index (χ0v) is 32.0. The molecule has 0 saturated heterocycles. The van der Waals surface area contributed by atoms with E-state index in [1.807, 2.05) is 90.6 Å². The van der Waals surface area contributed by atoms with E-state index < -0.39 is 5.41 Å². The van der Waals surface area contributed by atoms with Crippen LogP contribution in [0, 0.1) is 11.3 Å². The minimum Gasteiger partial charge on any atom is -0.208 e. The predicted molar refractivity (Wildman–Crippen MR) is 233 cm³/mol. The Morgan fingerprint density at radius 3 is 1.55 bits per heavy atom. The highest BCUT2D eigenvalue weighted by molar-refractivity contribution is 7.99. The van der Waals surface area contributed by atoms with Gasteiger partial charge in [0.25, 0.3) is 0 Å². The van der Waals surface area contributed by atoms with Crippen LogP contribution in [0.15, 0.2) is 204 Å². The number of hydrogen-bond donors (Lipinski definition) is 0. The molecule has 0 amide bonds. The molecule has 0 atom stereocenters. The van der Waals surface area contributed by atoms with Crippen molar-refractivity contribution < 1.29 is 0 Å². The van der Waals surface area contributed by atoms with Gasteiger partial charge in [-0.2, -0.15) is 5.26 Å². The molecule has 2 heterocycles. The van der Waals surface area contributed by atoms with E-state index in [0.29, 0.717) is 23.0 Å². The lowest BCUT2D eigenvalue weighted by Gasteiger charge is -2.39. The van der Waals surface area contributed by atoms with Gasteiger partial charge in [0.2, 0.25) is 0 Å². The summed E-state index contributed by atoms with van der Waals surface area (Å²) in [5.41, 5.74) is 14.6. The molecule has 270 valence electrons. The summed E-state index contributed by atoms with van der Waals surface area (Å²) in [5, 5.41) is 9.69. The monoisotopic (exact) mass is 756 g/mol. The topological polar surface area (TPSA) is 62.5 Å². The molecule has 5 heteroatoms. The number of aromatic nitrogens is 3. The molecule has 0 radical (unpaired) electrons. The molecule has 1 aromatic heterocycles. The van der Waals surface area contributed by atoms with Gasteiger partial charge < -0.3 is 0 Å². The Morgan fingerprint density at radius 1 is 0.379 bits per heavy atom. The fourth-order valence-corrected chi connectivity index (χ4v) is 10.1. The van der Waals surface area contributed by atoms with Crippen LogP contribution in [-0.4, -0.2) is 15.0 Å². The first-order valence-electron chi connectivity index (χ1n) is 19.3. The first-order chi connectivity index (χ1) is 28.7. The summed E-state index contributed by atoms with van der Waals surface area (Å²) in [4.78, 5) is 17.8. The van der Waals surface area contributed by atoms with Crippen molar-refractivity contribution in [2.75, 3.05) is 0 Å². The maximum absolute atomic E-state index is 9.69. The lowest BCUT2D eigenvalue weighted by molar-refractivity contribution is 0.722.